The second kappa shape index (κ2) is 7.31. The van der Waals surface area contributed by atoms with Crippen LogP contribution in [0, 0.1) is 5.92 Å². The number of carbonyl (C=O) groups is 1. The summed E-state index contributed by atoms with van der Waals surface area (Å²) in [5.41, 5.74) is 6.57. The smallest absolute Gasteiger partial charge is 0.231 e. The van der Waals surface area contributed by atoms with Crippen molar-refractivity contribution in [1.29, 1.82) is 0 Å². The van der Waals surface area contributed by atoms with Gasteiger partial charge in [0.05, 0.1) is 0 Å². The molecule has 2 rings (SSSR count). The third kappa shape index (κ3) is 3.88. The Balaban J connectivity index is 1.99. The van der Waals surface area contributed by atoms with E-state index in [1.807, 2.05) is 36.9 Å². The van der Waals surface area contributed by atoms with Gasteiger partial charge in [0.1, 0.15) is 0 Å². The van der Waals surface area contributed by atoms with Crippen molar-refractivity contribution in [3.63, 3.8) is 0 Å². The molecule has 0 saturated carbocycles. The van der Waals surface area contributed by atoms with Crippen LogP contribution < -0.4 is 15.2 Å². The van der Waals surface area contributed by atoms with Crippen molar-refractivity contribution in [2.24, 2.45) is 11.7 Å². The van der Waals surface area contributed by atoms with Crippen LogP contribution >= 0.6 is 0 Å². The Kier molecular flexibility index (Phi) is 5.44. The summed E-state index contributed by atoms with van der Waals surface area (Å²) < 4.78 is 10.7. The third-order valence-corrected chi connectivity index (χ3v) is 3.77. The summed E-state index contributed by atoms with van der Waals surface area (Å²) in [6.45, 7) is 6.16. The van der Waals surface area contributed by atoms with E-state index in [0.29, 0.717) is 19.6 Å². The van der Waals surface area contributed by atoms with Crippen LogP contribution in [0.25, 0.3) is 0 Å². The average molecular weight is 292 g/mol. The van der Waals surface area contributed by atoms with Crippen molar-refractivity contribution in [2.75, 3.05) is 19.9 Å². The number of benzene rings is 1. The maximum atomic E-state index is 12.4. The van der Waals surface area contributed by atoms with E-state index in [-0.39, 0.29) is 18.6 Å². The Hall–Kier alpha value is -1.75. The van der Waals surface area contributed by atoms with Crippen LogP contribution in [0.15, 0.2) is 18.2 Å². The number of nitrogens with two attached hydrogens (primary N) is 1. The number of ether oxygens (including phenoxy) is 2. The molecule has 1 aromatic rings. The highest BCUT2D eigenvalue weighted by atomic mass is 16.7. The predicted molar refractivity (Wildman–Crippen MR) is 81.1 cm³/mol. The van der Waals surface area contributed by atoms with E-state index in [4.69, 9.17) is 15.2 Å². The molecule has 1 aliphatic rings. The van der Waals surface area contributed by atoms with Crippen molar-refractivity contribution < 1.29 is 14.3 Å². The zero-order chi connectivity index (χ0) is 15.2. The van der Waals surface area contributed by atoms with E-state index in [9.17, 15) is 4.79 Å². The van der Waals surface area contributed by atoms with Crippen LogP contribution in [0.3, 0.4) is 0 Å². The van der Waals surface area contributed by atoms with Gasteiger partial charge < -0.3 is 20.1 Å². The lowest BCUT2D eigenvalue weighted by Gasteiger charge is -2.24. The van der Waals surface area contributed by atoms with E-state index < -0.39 is 0 Å². The van der Waals surface area contributed by atoms with Crippen molar-refractivity contribution in [2.45, 2.75) is 33.2 Å². The molecule has 1 unspecified atom stereocenters. The van der Waals surface area contributed by atoms with Gasteiger partial charge in [0.25, 0.3) is 0 Å². The summed E-state index contributed by atoms with van der Waals surface area (Å²) in [4.78, 5) is 14.3. The highest BCUT2D eigenvalue weighted by Gasteiger charge is 2.20. The van der Waals surface area contributed by atoms with Crippen LogP contribution in [0.2, 0.25) is 0 Å². The summed E-state index contributed by atoms with van der Waals surface area (Å²) >= 11 is 0. The zero-order valence-corrected chi connectivity index (χ0v) is 12.8. The minimum absolute atomic E-state index is 0.0162. The van der Waals surface area contributed by atoms with Crippen LogP contribution in [0.5, 0.6) is 11.5 Å². The van der Waals surface area contributed by atoms with Gasteiger partial charge in [-0.3, -0.25) is 4.79 Å². The van der Waals surface area contributed by atoms with Crippen molar-refractivity contribution in [3.8, 4) is 11.5 Å². The second-order valence-corrected chi connectivity index (χ2v) is 5.37. The summed E-state index contributed by atoms with van der Waals surface area (Å²) in [5, 5.41) is 0. The molecule has 0 spiro atoms. The molecule has 0 aliphatic carbocycles. The SMILES string of the molecule is CCN(Cc1ccc2c(c1)OCO2)C(=O)C(C)CCCN. The zero-order valence-electron chi connectivity index (χ0n) is 12.8. The van der Waals surface area contributed by atoms with Gasteiger partial charge in [-0.2, -0.15) is 0 Å². The first kappa shape index (κ1) is 15.6. The second-order valence-electron chi connectivity index (χ2n) is 5.37. The molecule has 2 N–H and O–H groups in total. The van der Waals surface area contributed by atoms with Crippen molar-refractivity contribution >= 4 is 5.91 Å². The van der Waals surface area contributed by atoms with Crippen molar-refractivity contribution in [1.82, 2.24) is 4.90 Å². The molecule has 21 heavy (non-hydrogen) atoms. The Morgan fingerprint density at radius 2 is 2.14 bits per heavy atom. The van der Waals surface area contributed by atoms with E-state index in [1.54, 1.807) is 0 Å². The van der Waals surface area contributed by atoms with Crippen molar-refractivity contribution in [3.05, 3.63) is 23.8 Å². The molecule has 0 aromatic heterocycles. The Labute approximate surface area is 126 Å². The molecular formula is C16H24N2O3. The normalized spacial score (nSPS) is 14.0. The molecule has 0 fully saturated rings. The Morgan fingerprint density at radius 1 is 1.38 bits per heavy atom. The van der Waals surface area contributed by atoms with E-state index in [0.717, 1.165) is 29.9 Å². The van der Waals surface area contributed by atoms with E-state index >= 15 is 0 Å². The summed E-state index contributed by atoms with van der Waals surface area (Å²) in [7, 11) is 0. The molecule has 1 aliphatic heterocycles. The number of nitrogens with zero attached hydrogens (tertiary/aromatic N) is 1. The van der Waals surface area contributed by atoms with Crippen LogP contribution in [-0.2, 0) is 11.3 Å². The molecule has 0 radical (unpaired) electrons. The average Bonchev–Trinajstić information content (AvgIpc) is 2.97. The molecule has 0 bridgehead atoms. The predicted octanol–water partition coefficient (Wildman–Crippen LogP) is 2.14. The largest absolute Gasteiger partial charge is 0.454 e. The number of amides is 1. The monoisotopic (exact) mass is 292 g/mol. The fourth-order valence-electron chi connectivity index (χ4n) is 2.46. The number of fused-ring (bicyclic) bond motifs is 1. The Morgan fingerprint density at radius 3 is 2.86 bits per heavy atom. The quantitative estimate of drug-likeness (QED) is 0.836. The first-order chi connectivity index (χ1) is 10.2. The summed E-state index contributed by atoms with van der Waals surface area (Å²) in [5.74, 6) is 1.72. The van der Waals surface area contributed by atoms with Gasteiger partial charge in [-0.1, -0.05) is 13.0 Å². The maximum Gasteiger partial charge on any atom is 0.231 e. The lowest BCUT2D eigenvalue weighted by atomic mass is 10.0. The van der Waals surface area contributed by atoms with Crippen LogP contribution in [0.1, 0.15) is 32.3 Å². The van der Waals surface area contributed by atoms with Crippen LogP contribution in [-0.4, -0.2) is 30.7 Å². The van der Waals surface area contributed by atoms with Gasteiger partial charge in [0.15, 0.2) is 11.5 Å². The summed E-state index contributed by atoms with van der Waals surface area (Å²) in [6, 6.07) is 5.82. The third-order valence-electron chi connectivity index (χ3n) is 3.77. The minimum Gasteiger partial charge on any atom is -0.454 e. The van der Waals surface area contributed by atoms with Gasteiger partial charge >= 0.3 is 0 Å². The van der Waals surface area contributed by atoms with Gasteiger partial charge in [0.2, 0.25) is 12.7 Å². The maximum absolute atomic E-state index is 12.4. The minimum atomic E-state index is 0.0162. The fourth-order valence-corrected chi connectivity index (χ4v) is 2.46. The molecular weight excluding hydrogens is 268 g/mol. The number of hydrogen-bond donors (Lipinski definition) is 1. The highest BCUT2D eigenvalue weighted by Crippen LogP contribution is 2.32. The molecule has 1 heterocycles. The molecule has 0 saturated heterocycles. The molecule has 1 amide bonds. The van der Waals surface area contributed by atoms with Gasteiger partial charge in [-0.25, -0.2) is 0 Å². The van der Waals surface area contributed by atoms with E-state index in [2.05, 4.69) is 0 Å². The summed E-state index contributed by atoms with van der Waals surface area (Å²) in [6.07, 6.45) is 1.72. The van der Waals surface area contributed by atoms with E-state index in [1.165, 1.54) is 0 Å². The van der Waals surface area contributed by atoms with Gasteiger partial charge in [0, 0.05) is 19.0 Å². The molecule has 5 heteroatoms. The number of hydrogen-bond acceptors (Lipinski definition) is 4. The number of carbonyl (C=O) groups excluding carboxylic acids is 1. The first-order valence-electron chi connectivity index (χ1n) is 7.53. The molecule has 116 valence electrons. The standard InChI is InChI=1S/C16H24N2O3/c1-3-18(16(19)12(2)5-4-8-17)10-13-6-7-14-15(9-13)21-11-20-14/h6-7,9,12H,3-5,8,10-11,17H2,1-2H3. The lowest BCUT2D eigenvalue weighted by molar-refractivity contribution is -0.135. The van der Waals surface area contributed by atoms with Gasteiger partial charge in [-0.05, 0) is 44.0 Å². The highest BCUT2D eigenvalue weighted by molar-refractivity contribution is 5.78. The molecule has 1 aromatic carbocycles. The first-order valence-corrected chi connectivity index (χ1v) is 7.53. The topological polar surface area (TPSA) is 64.8 Å². The van der Waals surface area contributed by atoms with Crippen LogP contribution in [0.4, 0.5) is 0 Å². The molecule has 1 atom stereocenters. The molecule has 5 nitrogen and oxygen atoms in total. The Bertz CT molecular complexity index is 490. The van der Waals surface area contributed by atoms with Gasteiger partial charge in [-0.15, -0.1) is 0 Å². The fraction of sp³-hybridized carbons (Fsp3) is 0.562. The number of rotatable bonds is 7. The lowest BCUT2D eigenvalue weighted by Crippen LogP contribution is -2.34.